The molecule has 0 aromatic carbocycles. The van der Waals surface area contributed by atoms with Gasteiger partial charge in [0.05, 0.1) is 19.3 Å². The zero-order chi connectivity index (χ0) is 28.6. The van der Waals surface area contributed by atoms with E-state index in [2.05, 4.69) is 18.7 Å². The first-order valence-corrected chi connectivity index (χ1v) is 18.9. The van der Waals surface area contributed by atoms with E-state index in [1.54, 1.807) is 0 Å². The van der Waals surface area contributed by atoms with E-state index in [1.165, 1.54) is 108 Å². The zero-order valence-corrected chi connectivity index (χ0v) is 27.3. The summed E-state index contributed by atoms with van der Waals surface area (Å²) in [5.74, 6) is 2.22. The highest BCUT2D eigenvalue weighted by Crippen LogP contribution is 2.44. The predicted molar refractivity (Wildman–Crippen MR) is 166 cm³/mol. The lowest BCUT2D eigenvalue weighted by Gasteiger charge is -2.21. The van der Waals surface area contributed by atoms with Gasteiger partial charge in [-0.25, -0.2) is 9.36 Å². The van der Waals surface area contributed by atoms with Crippen LogP contribution in [0.25, 0.3) is 0 Å². The molecule has 1 N–H and O–H groups in total. The second-order valence-electron chi connectivity index (χ2n) is 11.5. The molecule has 1 rings (SSSR count). The number of rotatable bonds is 26. The van der Waals surface area contributed by atoms with Gasteiger partial charge in [-0.3, -0.25) is 4.52 Å². The Kier molecular flexibility index (Phi) is 23.2. The standard InChI is InChI=1S/C31H61O6PS/c1-4-6-8-9-16-22-30(39-26-18-11-10-13-19-29-20-14-12-15-21-29)23-25-35-28(3)27-37-38(33,34)31(32)36-24-17-7-5-2/h28-30H,4-27H2,1-3H3,(H,33,34). The molecule has 3 unspecified atom stereocenters. The van der Waals surface area contributed by atoms with E-state index >= 15 is 0 Å². The van der Waals surface area contributed by atoms with Crippen molar-refractivity contribution in [3.8, 4) is 0 Å². The van der Waals surface area contributed by atoms with Crippen LogP contribution in [-0.4, -0.2) is 47.5 Å². The third kappa shape index (κ3) is 20.5. The quantitative estimate of drug-likeness (QED) is 0.0790. The Morgan fingerprint density at radius 1 is 0.872 bits per heavy atom. The van der Waals surface area contributed by atoms with Crippen molar-refractivity contribution in [2.75, 3.05) is 25.6 Å². The maximum Gasteiger partial charge on any atom is 0.435 e. The summed E-state index contributed by atoms with van der Waals surface area (Å²) in [4.78, 5) is 21.8. The second-order valence-corrected chi connectivity index (χ2v) is 14.6. The molecule has 0 spiro atoms. The van der Waals surface area contributed by atoms with Crippen molar-refractivity contribution in [3.05, 3.63) is 0 Å². The Bertz CT molecular complexity index is 628. The fourth-order valence-electron chi connectivity index (χ4n) is 5.20. The van der Waals surface area contributed by atoms with Crippen molar-refractivity contribution in [2.45, 2.75) is 161 Å². The van der Waals surface area contributed by atoms with Crippen molar-refractivity contribution >= 4 is 25.1 Å². The molecule has 0 aromatic heterocycles. The lowest BCUT2D eigenvalue weighted by Crippen LogP contribution is -2.19. The molecule has 1 fully saturated rings. The van der Waals surface area contributed by atoms with Gasteiger partial charge in [0.1, 0.15) is 0 Å². The van der Waals surface area contributed by atoms with Crippen molar-refractivity contribution in [2.24, 2.45) is 5.92 Å². The van der Waals surface area contributed by atoms with Crippen molar-refractivity contribution in [1.29, 1.82) is 0 Å². The minimum Gasteiger partial charge on any atom is -0.457 e. The monoisotopic (exact) mass is 592 g/mol. The van der Waals surface area contributed by atoms with Crippen LogP contribution in [-0.2, 0) is 18.6 Å². The van der Waals surface area contributed by atoms with Gasteiger partial charge in [0.2, 0.25) is 0 Å². The van der Waals surface area contributed by atoms with Gasteiger partial charge in [-0.15, -0.1) is 0 Å². The van der Waals surface area contributed by atoms with Gasteiger partial charge in [0.25, 0.3) is 0 Å². The van der Waals surface area contributed by atoms with E-state index in [0.29, 0.717) is 18.3 Å². The summed E-state index contributed by atoms with van der Waals surface area (Å²) in [6.07, 6.45) is 25.0. The second kappa shape index (κ2) is 24.5. The van der Waals surface area contributed by atoms with Gasteiger partial charge >= 0.3 is 13.3 Å². The largest absolute Gasteiger partial charge is 0.457 e. The summed E-state index contributed by atoms with van der Waals surface area (Å²) in [5, 5.41) is 0.587. The topological polar surface area (TPSA) is 82.1 Å². The lowest BCUT2D eigenvalue weighted by atomic mass is 9.85. The van der Waals surface area contributed by atoms with Crippen LogP contribution >= 0.6 is 19.4 Å². The molecule has 0 amide bonds. The molecule has 0 heterocycles. The van der Waals surface area contributed by atoms with E-state index < -0.39 is 13.3 Å². The number of hydrogen-bond donors (Lipinski definition) is 1. The summed E-state index contributed by atoms with van der Waals surface area (Å²) in [6.45, 7) is 6.74. The van der Waals surface area contributed by atoms with Gasteiger partial charge in [0, 0.05) is 11.9 Å². The minimum atomic E-state index is -4.44. The molecule has 0 saturated heterocycles. The van der Waals surface area contributed by atoms with Crippen LogP contribution in [0.1, 0.15) is 149 Å². The number of hydrogen-bond acceptors (Lipinski definition) is 6. The highest BCUT2D eigenvalue weighted by molar-refractivity contribution is 7.99. The molecular formula is C31H61O6PS. The highest BCUT2D eigenvalue weighted by atomic mass is 32.2. The molecule has 0 radical (unpaired) electrons. The average Bonchev–Trinajstić information content (AvgIpc) is 2.93. The molecular weight excluding hydrogens is 531 g/mol. The van der Waals surface area contributed by atoms with Crippen molar-refractivity contribution in [3.63, 3.8) is 0 Å². The van der Waals surface area contributed by atoms with Crippen LogP contribution in [0.15, 0.2) is 0 Å². The van der Waals surface area contributed by atoms with E-state index in [1.807, 2.05) is 13.8 Å². The Morgan fingerprint density at radius 3 is 2.28 bits per heavy atom. The first kappa shape index (κ1) is 37.0. The molecule has 0 aromatic rings. The highest BCUT2D eigenvalue weighted by Gasteiger charge is 2.33. The fourth-order valence-corrected chi connectivity index (χ4v) is 7.27. The van der Waals surface area contributed by atoms with E-state index in [0.717, 1.165) is 25.2 Å². The maximum absolute atomic E-state index is 12.2. The molecule has 6 nitrogen and oxygen atoms in total. The summed E-state index contributed by atoms with van der Waals surface area (Å²) in [6, 6.07) is 0. The minimum absolute atomic E-state index is 0.104. The van der Waals surface area contributed by atoms with E-state index in [9.17, 15) is 14.3 Å². The van der Waals surface area contributed by atoms with E-state index in [4.69, 9.17) is 14.0 Å². The van der Waals surface area contributed by atoms with Gasteiger partial charge < -0.3 is 14.4 Å². The summed E-state index contributed by atoms with van der Waals surface area (Å²) in [5.41, 5.74) is -1.17. The number of carbonyl (C=O) groups is 1. The van der Waals surface area contributed by atoms with Crippen LogP contribution < -0.4 is 0 Å². The average molecular weight is 593 g/mol. The number of carbonyl (C=O) groups excluding carboxylic acids is 1. The fraction of sp³-hybridized carbons (Fsp3) is 0.968. The van der Waals surface area contributed by atoms with Crippen LogP contribution in [0, 0.1) is 5.92 Å². The third-order valence-electron chi connectivity index (χ3n) is 7.75. The van der Waals surface area contributed by atoms with Crippen molar-refractivity contribution in [1.82, 2.24) is 0 Å². The van der Waals surface area contributed by atoms with Gasteiger partial charge in [-0.1, -0.05) is 117 Å². The van der Waals surface area contributed by atoms with E-state index in [-0.39, 0.29) is 19.3 Å². The maximum atomic E-state index is 12.2. The summed E-state index contributed by atoms with van der Waals surface area (Å²) < 4.78 is 28.0. The Balaban J connectivity index is 2.25. The van der Waals surface area contributed by atoms with Crippen LogP contribution in [0.5, 0.6) is 0 Å². The number of unbranched alkanes of at least 4 members (excludes halogenated alkanes) is 9. The number of ether oxygens (including phenoxy) is 2. The summed E-state index contributed by atoms with van der Waals surface area (Å²) in [7, 11) is -4.44. The SMILES string of the molecule is CCCCCCCC(CCOC(C)COP(=O)(O)C(=O)OCCCCC)SCCCCCCC1CCCCC1. The van der Waals surface area contributed by atoms with Crippen LogP contribution in [0.3, 0.4) is 0 Å². The van der Waals surface area contributed by atoms with Crippen molar-refractivity contribution < 1.29 is 28.3 Å². The third-order valence-corrected chi connectivity index (χ3v) is 10.3. The van der Waals surface area contributed by atoms with Gasteiger partial charge in [-0.05, 0) is 44.3 Å². The Labute approximate surface area is 245 Å². The summed E-state index contributed by atoms with van der Waals surface area (Å²) >= 11 is 2.10. The zero-order valence-electron chi connectivity index (χ0n) is 25.5. The molecule has 8 heteroatoms. The molecule has 1 aliphatic rings. The molecule has 3 atom stereocenters. The molecule has 1 saturated carbocycles. The normalized spacial score (nSPS) is 17.5. The first-order valence-electron chi connectivity index (χ1n) is 16.3. The molecule has 1 aliphatic carbocycles. The molecule has 232 valence electrons. The smallest absolute Gasteiger partial charge is 0.435 e. The van der Waals surface area contributed by atoms with Crippen LogP contribution in [0.2, 0.25) is 0 Å². The number of thioether (sulfide) groups is 1. The van der Waals surface area contributed by atoms with Gasteiger partial charge in [-0.2, -0.15) is 11.8 Å². The predicted octanol–water partition coefficient (Wildman–Crippen LogP) is 10.3. The van der Waals surface area contributed by atoms with Crippen LogP contribution in [0.4, 0.5) is 4.79 Å². The molecule has 0 bridgehead atoms. The Morgan fingerprint density at radius 2 is 1.54 bits per heavy atom. The molecule has 39 heavy (non-hydrogen) atoms. The first-order chi connectivity index (χ1) is 18.9. The lowest BCUT2D eigenvalue weighted by molar-refractivity contribution is 0.0274. The van der Waals surface area contributed by atoms with Gasteiger partial charge in [0.15, 0.2) is 0 Å². The Hall–Kier alpha value is -0.0700. The molecule has 0 aliphatic heterocycles.